The highest BCUT2D eigenvalue weighted by molar-refractivity contribution is 7.19. The Morgan fingerprint density at radius 3 is 2.86 bits per heavy atom. The van der Waals surface area contributed by atoms with Crippen LogP contribution in [-0.2, 0) is 4.74 Å². The molecule has 8 heteroatoms. The van der Waals surface area contributed by atoms with Crippen LogP contribution in [-0.4, -0.2) is 53.5 Å². The molecule has 1 N–H and O–H groups in total. The number of ether oxygens (including phenoxy) is 1. The van der Waals surface area contributed by atoms with Gasteiger partial charge in [-0.15, -0.1) is 0 Å². The molecule has 4 rings (SSSR count). The lowest BCUT2D eigenvalue weighted by molar-refractivity contribution is 0.0796. The number of benzene rings is 1. The molecule has 0 bridgehead atoms. The second-order valence-corrected chi connectivity index (χ2v) is 7.85. The fourth-order valence-corrected chi connectivity index (χ4v) is 4.67. The van der Waals surface area contributed by atoms with Gasteiger partial charge in [0.05, 0.1) is 6.61 Å². The van der Waals surface area contributed by atoms with Gasteiger partial charge in [0.25, 0.3) is 5.91 Å². The van der Waals surface area contributed by atoms with E-state index in [1.165, 1.54) is 23.5 Å². The number of aromatic nitrogens is 2. The van der Waals surface area contributed by atoms with Crippen molar-refractivity contribution in [1.29, 1.82) is 0 Å². The molecular formula is C20H23FN4O2S. The molecule has 1 amide bonds. The molecule has 0 aliphatic carbocycles. The molecule has 28 heavy (non-hydrogen) atoms. The maximum atomic E-state index is 13.8. The molecule has 0 spiro atoms. The normalized spacial score (nSPS) is 14.2. The highest BCUT2D eigenvalue weighted by Crippen LogP contribution is 2.35. The molecule has 1 fully saturated rings. The van der Waals surface area contributed by atoms with E-state index in [1.54, 1.807) is 13.2 Å². The summed E-state index contributed by atoms with van der Waals surface area (Å²) in [6.07, 6.45) is 2.11. The number of nitrogens with one attached hydrogen (secondary N) is 1. The van der Waals surface area contributed by atoms with Gasteiger partial charge in [0.1, 0.15) is 22.2 Å². The number of amides is 1. The molecule has 6 nitrogen and oxygen atoms in total. The maximum absolute atomic E-state index is 13.8. The predicted octanol–water partition coefficient (Wildman–Crippen LogP) is 3.80. The zero-order chi connectivity index (χ0) is 19.7. The first-order valence-electron chi connectivity index (χ1n) is 9.40. The number of hydrogen-bond acceptors (Lipinski definition) is 5. The summed E-state index contributed by atoms with van der Waals surface area (Å²) in [5.41, 5.74) is 2.22. The summed E-state index contributed by atoms with van der Waals surface area (Å²) in [6.45, 7) is 4.67. The predicted molar refractivity (Wildman–Crippen MR) is 109 cm³/mol. The lowest BCUT2D eigenvalue weighted by atomic mass is 10.1. The number of hydrogen-bond donors (Lipinski definition) is 1. The zero-order valence-electron chi connectivity index (χ0n) is 16.0. The number of thiazole rings is 1. The number of carbonyl (C=O) groups excluding carboxylic acids is 1. The number of halogens is 1. The molecule has 1 aliphatic heterocycles. The van der Waals surface area contributed by atoms with Crippen molar-refractivity contribution in [3.8, 4) is 11.3 Å². The van der Waals surface area contributed by atoms with Crippen molar-refractivity contribution >= 4 is 28.0 Å². The van der Waals surface area contributed by atoms with Crippen LogP contribution in [0, 0.1) is 12.7 Å². The SMILES string of the molecule is COCCNc1c(-c2cccc(F)c2)nc2sc(C(=O)N3CCCC3)c(C)n12. The molecule has 0 saturated carbocycles. The van der Waals surface area contributed by atoms with Gasteiger partial charge in [-0.3, -0.25) is 9.20 Å². The zero-order valence-corrected chi connectivity index (χ0v) is 16.8. The monoisotopic (exact) mass is 402 g/mol. The molecule has 148 valence electrons. The van der Waals surface area contributed by atoms with Crippen LogP contribution in [0.25, 0.3) is 16.2 Å². The second-order valence-electron chi connectivity index (χ2n) is 6.87. The van der Waals surface area contributed by atoms with E-state index in [9.17, 15) is 9.18 Å². The molecule has 0 unspecified atom stereocenters. The average Bonchev–Trinajstić information content (AvgIpc) is 3.39. The van der Waals surface area contributed by atoms with E-state index < -0.39 is 0 Å². The van der Waals surface area contributed by atoms with Crippen molar-refractivity contribution in [2.24, 2.45) is 0 Å². The van der Waals surface area contributed by atoms with Crippen LogP contribution < -0.4 is 5.32 Å². The number of aryl methyl sites for hydroxylation is 1. The minimum atomic E-state index is -0.307. The van der Waals surface area contributed by atoms with Crippen LogP contribution >= 0.6 is 11.3 Å². The Hall–Kier alpha value is -2.45. The summed E-state index contributed by atoms with van der Waals surface area (Å²) >= 11 is 1.39. The first-order valence-corrected chi connectivity index (χ1v) is 10.2. The molecule has 1 aliphatic rings. The number of nitrogens with zero attached hydrogens (tertiary/aromatic N) is 3. The summed E-state index contributed by atoms with van der Waals surface area (Å²) in [6, 6.07) is 6.40. The van der Waals surface area contributed by atoms with Gasteiger partial charge in [0, 0.05) is 38.0 Å². The van der Waals surface area contributed by atoms with Gasteiger partial charge >= 0.3 is 0 Å². The van der Waals surface area contributed by atoms with Gasteiger partial charge < -0.3 is 15.0 Å². The van der Waals surface area contributed by atoms with Crippen molar-refractivity contribution in [2.45, 2.75) is 19.8 Å². The van der Waals surface area contributed by atoms with Gasteiger partial charge in [-0.2, -0.15) is 0 Å². The fraction of sp³-hybridized carbons (Fsp3) is 0.400. The number of imidazole rings is 1. The summed E-state index contributed by atoms with van der Waals surface area (Å²) in [5.74, 6) is 0.519. The minimum absolute atomic E-state index is 0.0700. The molecule has 2 aromatic heterocycles. The molecule has 3 heterocycles. The lowest BCUT2D eigenvalue weighted by Gasteiger charge is -2.14. The first-order chi connectivity index (χ1) is 13.6. The van der Waals surface area contributed by atoms with Crippen molar-refractivity contribution in [1.82, 2.24) is 14.3 Å². The lowest BCUT2D eigenvalue weighted by Crippen LogP contribution is -2.27. The Kier molecular flexibility index (Phi) is 5.32. The van der Waals surface area contributed by atoms with Gasteiger partial charge in [-0.1, -0.05) is 23.5 Å². The Labute approximate surface area is 166 Å². The van der Waals surface area contributed by atoms with Crippen molar-refractivity contribution in [3.63, 3.8) is 0 Å². The minimum Gasteiger partial charge on any atom is -0.383 e. The topological polar surface area (TPSA) is 58.9 Å². The van der Waals surface area contributed by atoms with Crippen LogP contribution in [0.5, 0.6) is 0 Å². The van der Waals surface area contributed by atoms with Crippen LogP contribution in [0.4, 0.5) is 10.2 Å². The molecular weight excluding hydrogens is 379 g/mol. The van der Waals surface area contributed by atoms with E-state index in [1.807, 2.05) is 22.3 Å². The van der Waals surface area contributed by atoms with E-state index >= 15 is 0 Å². The van der Waals surface area contributed by atoms with Crippen molar-refractivity contribution < 1.29 is 13.9 Å². The van der Waals surface area contributed by atoms with Gasteiger partial charge in [-0.05, 0) is 31.9 Å². The van der Waals surface area contributed by atoms with E-state index in [4.69, 9.17) is 9.72 Å². The van der Waals surface area contributed by atoms with E-state index in [2.05, 4.69) is 5.32 Å². The molecule has 1 aromatic carbocycles. The summed E-state index contributed by atoms with van der Waals surface area (Å²) in [4.78, 5) is 21.0. The number of fused-ring (bicyclic) bond motifs is 1. The molecule has 3 aromatic rings. The highest BCUT2D eigenvalue weighted by Gasteiger charge is 2.27. The van der Waals surface area contributed by atoms with Crippen molar-refractivity contribution in [3.05, 3.63) is 40.7 Å². The number of methoxy groups -OCH3 is 1. The number of rotatable bonds is 6. The Morgan fingerprint density at radius 1 is 1.36 bits per heavy atom. The molecule has 0 atom stereocenters. The first kappa shape index (κ1) is 18.9. The van der Waals surface area contributed by atoms with Gasteiger partial charge in [0.15, 0.2) is 4.96 Å². The van der Waals surface area contributed by atoms with E-state index in [-0.39, 0.29) is 11.7 Å². The third-order valence-corrected chi connectivity index (χ3v) is 6.12. The number of anilines is 1. The van der Waals surface area contributed by atoms with E-state index in [0.29, 0.717) is 29.3 Å². The van der Waals surface area contributed by atoms with Crippen LogP contribution in [0.3, 0.4) is 0 Å². The number of likely N-dealkylation sites (tertiary alicyclic amines) is 1. The van der Waals surface area contributed by atoms with Crippen LogP contribution in [0.15, 0.2) is 24.3 Å². The Balaban J connectivity index is 1.79. The summed E-state index contributed by atoms with van der Waals surface area (Å²) < 4.78 is 20.9. The van der Waals surface area contributed by atoms with Crippen molar-refractivity contribution in [2.75, 3.05) is 38.7 Å². The number of carbonyl (C=O) groups is 1. The Morgan fingerprint density at radius 2 is 2.14 bits per heavy atom. The second kappa shape index (κ2) is 7.89. The average molecular weight is 402 g/mol. The third-order valence-electron chi connectivity index (χ3n) is 4.99. The molecule has 0 radical (unpaired) electrons. The van der Waals surface area contributed by atoms with Gasteiger partial charge in [-0.25, -0.2) is 9.37 Å². The van der Waals surface area contributed by atoms with Crippen LogP contribution in [0.1, 0.15) is 28.2 Å². The van der Waals surface area contributed by atoms with Crippen LogP contribution in [0.2, 0.25) is 0 Å². The third kappa shape index (κ3) is 3.38. The maximum Gasteiger partial charge on any atom is 0.265 e. The highest BCUT2D eigenvalue weighted by atomic mass is 32.1. The standard InChI is InChI=1S/C20H23FN4O2S/c1-13-17(19(26)24-9-3-4-10-24)28-20-23-16(14-6-5-7-15(21)12-14)18(25(13)20)22-8-11-27-2/h5-7,12,22H,3-4,8-11H2,1-2H3. The smallest absolute Gasteiger partial charge is 0.265 e. The molecule has 1 saturated heterocycles. The fourth-order valence-electron chi connectivity index (χ4n) is 3.58. The van der Waals surface area contributed by atoms with E-state index in [0.717, 1.165) is 42.4 Å². The quantitative estimate of drug-likeness (QED) is 0.637. The summed E-state index contributed by atoms with van der Waals surface area (Å²) in [7, 11) is 1.64. The Bertz CT molecular complexity index is 1010. The largest absolute Gasteiger partial charge is 0.383 e. The van der Waals surface area contributed by atoms with Gasteiger partial charge in [0.2, 0.25) is 0 Å². The summed E-state index contributed by atoms with van der Waals surface area (Å²) in [5, 5.41) is 3.35.